The first-order chi connectivity index (χ1) is 15.8. The average Bonchev–Trinajstić information content (AvgIpc) is 2.81. The molecule has 0 saturated carbocycles. The number of methoxy groups -OCH3 is 2. The highest BCUT2D eigenvalue weighted by Gasteiger charge is 2.26. The van der Waals surface area contributed by atoms with Crippen LogP contribution >= 0.6 is 0 Å². The molecule has 1 aliphatic heterocycles. The molecule has 5 heteroatoms. The SMILES string of the molecule is COc1ccc(COc2ccc(-c3ccc4c(c3CO)C(C)=CC(C)(C)N4)c(OC)c2)cc1. The molecule has 0 bridgehead atoms. The second-order valence-corrected chi connectivity index (χ2v) is 8.85. The van der Waals surface area contributed by atoms with Crippen LogP contribution in [-0.4, -0.2) is 24.9 Å². The van der Waals surface area contributed by atoms with Crippen molar-refractivity contribution in [2.24, 2.45) is 0 Å². The van der Waals surface area contributed by atoms with Crippen LogP contribution in [0.3, 0.4) is 0 Å². The lowest BCUT2D eigenvalue weighted by Gasteiger charge is -2.33. The maximum atomic E-state index is 10.3. The van der Waals surface area contributed by atoms with Crippen molar-refractivity contribution in [3.63, 3.8) is 0 Å². The average molecular weight is 446 g/mol. The van der Waals surface area contributed by atoms with Gasteiger partial charge in [-0.05, 0) is 73.4 Å². The van der Waals surface area contributed by atoms with Gasteiger partial charge in [-0.1, -0.05) is 24.3 Å². The van der Waals surface area contributed by atoms with Crippen LogP contribution in [0.4, 0.5) is 5.69 Å². The van der Waals surface area contributed by atoms with Crippen molar-refractivity contribution in [3.8, 4) is 28.4 Å². The van der Waals surface area contributed by atoms with Gasteiger partial charge in [-0.15, -0.1) is 0 Å². The van der Waals surface area contributed by atoms with Crippen LogP contribution in [0.2, 0.25) is 0 Å². The van der Waals surface area contributed by atoms with E-state index in [0.717, 1.165) is 50.6 Å². The van der Waals surface area contributed by atoms with Crippen molar-refractivity contribution in [2.75, 3.05) is 19.5 Å². The number of allylic oxidation sites excluding steroid dienone is 1. The van der Waals surface area contributed by atoms with Crippen molar-refractivity contribution in [1.82, 2.24) is 0 Å². The quantitative estimate of drug-likeness (QED) is 0.464. The van der Waals surface area contributed by atoms with Crippen molar-refractivity contribution in [3.05, 3.63) is 77.4 Å². The molecule has 3 aromatic rings. The molecule has 1 aliphatic rings. The number of hydrogen-bond acceptors (Lipinski definition) is 5. The first-order valence-corrected chi connectivity index (χ1v) is 11.0. The van der Waals surface area contributed by atoms with Crippen LogP contribution < -0.4 is 19.5 Å². The van der Waals surface area contributed by atoms with E-state index in [1.165, 1.54) is 0 Å². The molecule has 0 aromatic heterocycles. The highest BCUT2D eigenvalue weighted by atomic mass is 16.5. The van der Waals surface area contributed by atoms with Gasteiger partial charge in [-0.2, -0.15) is 0 Å². The Balaban J connectivity index is 1.65. The summed E-state index contributed by atoms with van der Waals surface area (Å²) in [6.07, 6.45) is 2.20. The lowest BCUT2D eigenvalue weighted by molar-refractivity contribution is 0.282. The number of aliphatic hydroxyl groups excluding tert-OH is 1. The number of fused-ring (bicyclic) bond motifs is 1. The fourth-order valence-electron chi connectivity index (χ4n) is 4.49. The molecule has 0 aliphatic carbocycles. The molecule has 3 aromatic carbocycles. The second-order valence-electron chi connectivity index (χ2n) is 8.85. The van der Waals surface area contributed by atoms with Crippen LogP contribution in [0.5, 0.6) is 17.2 Å². The van der Waals surface area contributed by atoms with Crippen LogP contribution in [0.15, 0.2) is 60.7 Å². The Kier molecular flexibility index (Phi) is 6.34. The highest BCUT2D eigenvalue weighted by Crippen LogP contribution is 2.43. The molecule has 33 heavy (non-hydrogen) atoms. The van der Waals surface area contributed by atoms with Gasteiger partial charge < -0.3 is 24.6 Å². The van der Waals surface area contributed by atoms with Gasteiger partial charge in [-0.25, -0.2) is 0 Å². The summed E-state index contributed by atoms with van der Waals surface area (Å²) in [5.41, 5.74) is 6.90. The van der Waals surface area contributed by atoms with E-state index >= 15 is 0 Å². The lowest BCUT2D eigenvalue weighted by Crippen LogP contribution is -2.31. The smallest absolute Gasteiger partial charge is 0.130 e. The Morgan fingerprint density at radius 1 is 0.879 bits per heavy atom. The van der Waals surface area contributed by atoms with Crippen molar-refractivity contribution in [1.29, 1.82) is 0 Å². The van der Waals surface area contributed by atoms with E-state index in [1.54, 1.807) is 14.2 Å². The van der Waals surface area contributed by atoms with Gasteiger partial charge in [0.05, 0.1) is 26.4 Å². The number of aliphatic hydroxyl groups is 1. The van der Waals surface area contributed by atoms with Gasteiger partial charge >= 0.3 is 0 Å². The normalized spacial score (nSPS) is 14.1. The fourth-order valence-corrected chi connectivity index (χ4v) is 4.49. The van der Waals surface area contributed by atoms with Gasteiger partial charge in [0.15, 0.2) is 0 Å². The zero-order valence-corrected chi connectivity index (χ0v) is 19.9. The number of anilines is 1. The molecule has 0 spiro atoms. The summed E-state index contributed by atoms with van der Waals surface area (Å²) in [5.74, 6) is 2.23. The van der Waals surface area contributed by atoms with Crippen LogP contribution in [-0.2, 0) is 13.2 Å². The first-order valence-electron chi connectivity index (χ1n) is 11.0. The van der Waals surface area contributed by atoms with Crippen LogP contribution in [0.25, 0.3) is 16.7 Å². The Hall–Kier alpha value is -3.44. The van der Waals surface area contributed by atoms with Crippen molar-refractivity contribution < 1.29 is 19.3 Å². The monoisotopic (exact) mass is 445 g/mol. The van der Waals surface area contributed by atoms with E-state index in [0.29, 0.717) is 12.4 Å². The van der Waals surface area contributed by atoms with Gasteiger partial charge in [0.1, 0.15) is 23.9 Å². The van der Waals surface area contributed by atoms with Gasteiger partial charge in [0.2, 0.25) is 0 Å². The molecule has 5 nitrogen and oxygen atoms in total. The summed E-state index contributed by atoms with van der Waals surface area (Å²) in [6.45, 7) is 6.75. The largest absolute Gasteiger partial charge is 0.497 e. The number of benzene rings is 3. The Morgan fingerprint density at radius 3 is 2.24 bits per heavy atom. The summed E-state index contributed by atoms with van der Waals surface area (Å²) in [5, 5.41) is 13.9. The molecule has 172 valence electrons. The zero-order chi connectivity index (χ0) is 23.6. The topological polar surface area (TPSA) is 60.0 Å². The summed E-state index contributed by atoms with van der Waals surface area (Å²) in [4.78, 5) is 0. The summed E-state index contributed by atoms with van der Waals surface area (Å²) in [7, 11) is 3.30. The minimum Gasteiger partial charge on any atom is -0.497 e. The van der Waals surface area contributed by atoms with Gasteiger partial charge in [-0.3, -0.25) is 0 Å². The molecule has 0 amide bonds. The van der Waals surface area contributed by atoms with Crippen LogP contribution in [0.1, 0.15) is 37.5 Å². The number of nitrogens with one attached hydrogen (secondary N) is 1. The molecule has 0 unspecified atom stereocenters. The molecule has 4 rings (SSSR count). The van der Waals surface area contributed by atoms with Gasteiger partial charge in [0.25, 0.3) is 0 Å². The summed E-state index contributed by atoms with van der Waals surface area (Å²) >= 11 is 0. The standard InChI is InChI=1S/C28H31NO4/c1-18-15-28(2,3)29-25-13-12-22(24(16-30)27(18)25)23-11-10-21(14-26(23)32-5)33-17-19-6-8-20(31-4)9-7-19/h6-15,29-30H,16-17H2,1-5H3. The highest BCUT2D eigenvalue weighted by molar-refractivity contribution is 5.88. The minimum atomic E-state index is -0.133. The number of hydrogen-bond donors (Lipinski definition) is 2. The second kappa shape index (κ2) is 9.20. The number of ether oxygens (including phenoxy) is 3. The maximum Gasteiger partial charge on any atom is 0.130 e. The zero-order valence-electron chi connectivity index (χ0n) is 19.9. The molecule has 0 saturated heterocycles. The number of rotatable bonds is 7. The molecular formula is C28H31NO4. The minimum absolute atomic E-state index is 0.0648. The van der Waals surface area contributed by atoms with Crippen molar-refractivity contribution >= 4 is 11.3 Å². The summed E-state index contributed by atoms with van der Waals surface area (Å²) in [6, 6.07) is 17.7. The molecule has 2 N–H and O–H groups in total. The molecule has 0 fully saturated rings. The van der Waals surface area contributed by atoms with E-state index in [4.69, 9.17) is 14.2 Å². The molecule has 0 atom stereocenters. The first kappa shape index (κ1) is 22.7. The predicted molar refractivity (Wildman–Crippen MR) is 133 cm³/mol. The van der Waals surface area contributed by atoms with E-state index in [9.17, 15) is 5.11 Å². The van der Waals surface area contributed by atoms with E-state index in [1.807, 2.05) is 48.5 Å². The van der Waals surface area contributed by atoms with Crippen molar-refractivity contribution in [2.45, 2.75) is 39.5 Å². The Labute approximate surface area is 195 Å². The third-order valence-electron chi connectivity index (χ3n) is 5.93. The Morgan fingerprint density at radius 2 is 1.58 bits per heavy atom. The third kappa shape index (κ3) is 4.69. The van der Waals surface area contributed by atoms with Crippen LogP contribution in [0, 0.1) is 0 Å². The van der Waals surface area contributed by atoms with E-state index < -0.39 is 0 Å². The third-order valence-corrected chi connectivity index (χ3v) is 5.93. The molecule has 0 radical (unpaired) electrons. The fraction of sp³-hybridized carbons (Fsp3) is 0.286. The lowest BCUT2D eigenvalue weighted by atomic mass is 9.85. The Bertz CT molecular complexity index is 1180. The van der Waals surface area contributed by atoms with E-state index in [-0.39, 0.29) is 12.1 Å². The predicted octanol–water partition coefficient (Wildman–Crippen LogP) is 6.05. The van der Waals surface area contributed by atoms with Gasteiger partial charge in [0, 0.05) is 22.9 Å². The molecule has 1 heterocycles. The molecular weight excluding hydrogens is 414 g/mol. The maximum absolute atomic E-state index is 10.3. The summed E-state index contributed by atoms with van der Waals surface area (Å²) < 4.78 is 16.9. The van der Waals surface area contributed by atoms with E-state index in [2.05, 4.69) is 38.2 Å².